The minimum absolute atomic E-state index is 0.000822. The third-order valence-electron chi connectivity index (χ3n) is 3.50. The van der Waals surface area contributed by atoms with E-state index in [2.05, 4.69) is 4.98 Å². The largest absolute Gasteiger partial charge is 0.337 e. The summed E-state index contributed by atoms with van der Waals surface area (Å²) in [7, 11) is 0. The fourth-order valence-corrected chi connectivity index (χ4v) is 3.66. The number of rotatable bonds is 5. The van der Waals surface area contributed by atoms with Crippen molar-refractivity contribution in [2.24, 2.45) is 0 Å². The lowest BCUT2D eigenvalue weighted by atomic mass is 10.2. The second kappa shape index (κ2) is 6.30. The number of nitrogens with zero attached hydrogens (tertiary/aromatic N) is 3. The average molecular weight is 305 g/mol. The maximum Gasteiger partial charge on any atom is 0.233 e. The fraction of sp³-hybridized carbons (Fsp3) is 0.333. The third-order valence-corrected chi connectivity index (χ3v) is 4.75. The number of halogens is 1. The van der Waals surface area contributed by atoms with Crippen LogP contribution in [0, 0.1) is 5.82 Å². The van der Waals surface area contributed by atoms with Gasteiger partial charge in [-0.05, 0) is 24.1 Å². The first-order valence-corrected chi connectivity index (χ1v) is 7.91. The van der Waals surface area contributed by atoms with E-state index in [0.717, 1.165) is 18.5 Å². The summed E-state index contributed by atoms with van der Waals surface area (Å²) in [6.45, 7) is 1.54. The number of carbonyl (C=O) groups excluding carboxylic acids is 1. The summed E-state index contributed by atoms with van der Waals surface area (Å²) in [5, 5.41) is 0.000822. The van der Waals surface area contributed by atoms with Crippen molar-refractivity contribution >= 4 is 17.7 Å². The molecule has 3 rings (SSSR count). The second-order valence-electron chi connectivity index (χ2n) is 4.96. The van der Waals surface area contributed by atoms with Crippen LogP contribution in [0.1, 0.15) is 17.4 Å². The number of hydrogen-bond acceptors (Lipinski definition) is 3. The number of thioether (sulfide) groups is 1. The van der Waals surface area contributed by atoms with Gasteiger partial charge in [0.05, 0.1) is 12.1 Å². The molecule has 1 aromatic carbocycles. The van der Waals surface area contributed by atoms with Crippen molar-refractivity contribution in [2.75, 3.05) is 12.3 Å². The first kappa shape index (κ1) is 14.1. The van der Waals surface area contributed by atoms with Crippen molar-refractivity contribution < 1.29 is 9.18 Å². The van der Waals surface area contributed by atoms with Gasteiger partial charge in [0.2, 0.25) is 5.91 Å². The van der Waals surface area contributed by atoms with Crippen molar-refractivity contribution in [3.63, 3.8) is 0 Å². The molecule has 6 heteroatoms. The number of amides is 1. The molecule has 0 saturated carbocycles. The van der Waals surface area contributed by atoms with E-state index in [1.165, 1.54) is 12.1 Å². The Morgan fingerprint density at radius 2 is 2.10 bits per heavy atom. The van der Waals surface area contributed by atoms with Gasteiger partial charge in [-0.1, -0.05) is 12.1 Å². The molecule has 1 saturated heterocycles. The number of aromatic nitrogens is 2. The van der Waals surface area contributed by atoms with Gasteiger partial charge < -0.3 is 9.47 Å². The van der Waals surface area contributed by atoms with Crippen molar-refractivity contribution in [1.82, 2.24) is 14.5 Å². The van der Waals surface area contributed by atoms with Gasteiger partial charge in [0.25, 0.3) is 0 Å². The molecule has 0 N–H and O–H groups in total. The van der Waals surface area contributed by atoms with Crippen LogP contribution >= 0.6 is 11.8 Å². The van der Waals surface area contributed by atoms with Gasteiger partial charge >= 0.3 is 0 Å². The van der Waals surface area contributed by atoms with E-state index < -0.39 is 0 Å². The van der Waals surface area contributed by atoms with Crippen molar-refractivity contribution in [3.8, 4) is 0 Å². The van der Waals surface area contributed by atoms with Gasteiger partial charge in [0.1, 0.15) is 11.2 Å². The van der Waals surface area contributed by atoms with Gasteiger partial charge in [-0.25, -0.2) is 9.37 Å². The zero-order valence-electron chi connectivity index (χ0n) is 11.5. The lowest BCUT2D eigenvalue weighted by molar-refractivity contribution is -0.128. The summed E-state index contributed by atoms with van der Waals surface area (Å²) in [6, 6.07) is 6.41. The molecule has 0 spiro atoms. The molecule has 1 aromatic heterocycles. The van der Waals surface area contributed by atoms with E-state index in [-0.39, 0.29) is 17.1 Å². The van der Waals surface area contributed by atoms with E-state index >= 15 is 0 Å². The highest BCUT2D eigenvalue weighted by atomic mass is 32.2. The Balaban J connectivity index is 1.63. The standard InChI is InChI=1S/C15H16FN3OS/c16-13-4-2-12(3-5-13)15-19(14(20)10-21-15)8-1-7-18-9-6-17-11-18/h2-6,9,11,15H,1,7-8,10H2. The monoisotopic (exact) mass is 305 g/mol. The van der Waals surface area contributed by atoms with Crippen LogP contribution in [0.5, 0.6) is 0 Å². The van der Waals surface area contributed by atoms with Gasteiger partial charge in [0, 0.05) is 25.5 Å². The Bertz CT molecular complexity index is 600. The lowest BCUT2D eigenvalue weighted by Crippen LogP contribution is -2.29. The van der Waals surface area contributed by atoms with Crippen LogP contribution in [-0.4, -0.2) is 32.7 Å². The minimum Gasteiger partial charge on any atom is -0.337 e. The van der Waals surface area contributed by atoms with E-state index in [1.807, 2.05) is 15.7 Å². The first-order valence-electron chi connectivity index (χ1n) is 6.86. The van der Waals surface area contributed by atoms with Crippen LogP contribution in [0.15, 0.2) is 43.0 Å². The van der Waals surface area contributed by atoms with Crippen LogP contribution in [0.25, 0.3) is 0 Å². The zero-order chi connectivity index (χ0) is 14.7. The SMILES string of the molecule is O=C1CSC(c2ccc(F)cc2)N1CCCn1ccnc1. The molecule has 2 aromatic rings. The molecule has 0 aliphatic carbocycles. The Hall–Kier alpha value is -1.82. The van der Waals surface area contributed by atoms with Crippen LogP contribution in [0.3, 0.4) is 0 Å². The zero-order valence-corrected chi connectivity index (χ0v) is 12.3. The maximum atomic E-state index is 13.0. The summed E-state index contributed by atoms with van der Waals surface area (Å²) in [4.78, 5) is 17.9. The summed E-state index contributed by atoms with van der Waals surface area (Å²) in [5.41, 5.74) is 0.981. The van der Waals surface area contributed by atoms with E-state index in [1.54, 1.807) is 36.4 Å². The molecule has 110 valence electrons. The molecule has 1 amide bonds. The molecule has 0 radical (unpaired) electrons. The number of imidazole rings is 1. The second-order valence-corrected chi connectivity index (χ2v) is 6.02. The molecule has 1 atom stereocenters. The Kier molecular flexibility index (Phi) is 4.24. The van der Waals surface area contributed by atoms with Crippen LogP contribution in [0.4, 0.5) is 4.39 Å². The number of carbonyl (C=O) groups is 1. The summed E-state index contributed by atoms with van der Waals surface area (Å²) in [6.07, 6.45) is 6.31. The van der Waals surface area contributed by atoms with Gasteiger partial charge in [-0.3, -0.25) is 4.79 Å². The quantitative estimate of drug-likeness (QED) is 0.852. The average Bonchev–Trinajstić information content (AvgIpc) is 3.11. The molecule has 21 heavy (non-hydrogen) atoms. The van der Waals surface area contributed by atoms with Crippen molar-refractivity contribution in [1.29, 1.82) is 0 Å². The fourth-order valence-electron chi connectivity index (χ4n) is 2.44. The van der Waals surface area contributed by atoms with Gasteiger partial charge in [-0.15, -0.1) is 11.8 Å². The van der Waals surface area contributed by atoms with Crippen molar-refractivity contribution in [3.05, 3.63) is 54.4 Å². The topological polar surface area (TPSA) is 38.1 Å². The Morgan fingerprint density at radius 1 is 1.29 bits per heavy atom. The molecule has 0 bridgehead atoms. The molecule has 1 aliphatic heterocycles. The molecule has 2 heterocycles. The van der Waals surface area contributed by atoms with Crippen molar-refractivity contribution in [2.45, 2.75) is 18.3 Å². The summed E-state index contributed by atoms with van der Waals surface area (Å²) >= 11 is 1.60. The normalized spacial score (nSPS) is 18.4. The highest BCUT2D eigenvalue weighted by Gasteiger charge is 2.32. The third kappa shape index (κ3) is 3.26. The summed E-state index contributed by atoms with van der Waals surface area (Å²) in [5.74, 6) is 0.396. The van der Waals surface area contributed by atoms with Gasteiger partial charge in [0.15, 0.2) is 0 Å². The highest BCUT2D eigenvalue weighted by molar-refractivity contribution is 8.00. The van der Waals surface area contributed by atoms with E-state index in [9.17, 15) is 9.18 Å². The maximum absolute atomic E-state index is 13.0. The van der Waals surface area contributed by atoms with Crippen LogP contribution < -0.4 is 0 Å². The minimum atomic E-state index is -0.250. The Labute approximate surface area is 127 Å². The Morgan fingerprint density at radius 3 is 2.81 bits per heavy atom. The lowest BCUT2D eigenvalue weighted by Gasteiger charge is -2.24. The van der Waals surface area contributed by atoms with E-state index in [4.69, 9.17) is 0 Å². The number of benzene rings is 1. The van der Waals surface area contributed by atoms with E-state index in [0.29, 0.717) is 12.3 Å². The summed E-state index contributed by atoms with van der Waals surface area (Å²) < 4.78 is 15.0. The van der Waals surface area contributed by atoms with Crippen LogP contribution in [-0.2, 0) is 11.3 Å². The molecular weight excluding hydrogens is 289 g/mol. The molecule has 1 aliphatic rings. The number of aryl methyl sites for hydroxylation is 1. The highest BCUT2D eigenvalue weighted by Crippen LogP contribution is 2.38. The van der Waals surface area contributed by atoms with Gasteiger partial charge in [-0.2, -0.15) is 0 Å². The predicted octanol–water partition coefficient (Wildman–Crippen LogP) is 2.69. The number of hydrogen-bond donors (Lipinski definition) is 0. The predicted molar refractivity (Wildman–Crippen MR) is 80.2 cm³/mol. The molecule has 1 unspecified atom stereocenters. The first-order chi connectivity index (χ1) is 10.2. The molecule has 1 fully saturated rings. The van der Waals surface area contributed by atoms with Crippen LogP contribution in [0.2, 0.25) is 0 Å². The smallest absolute Gasteiger partial charge is 0.233 e. The molecule has 4 nitrogen and oxygen atoms in total. The molecular formula is C15H16FN3OS.